The van der Waals surface area contributed by atoms with Gasteiger partial charge in [0.1, 0.15) is 35.4 Å². The highest BCUT2D eigenvalue weighted by molar-refractivity contribution is 5.90. The maximum absolute atomic E-state index is 10.6. The maximum Gasteiger partial charge on any atom is 0.134 e. The van der Waals surface area contributed by atoms with Gasteiger partial charge in [0.15, 0.2) is 0 Å². The molecule has 0 radical (unpaired) electrons. The summed E-state index contributed by atoms with van der Waals surface area (Å²) < 4.78 is 5.64. The van der Waals surface area contributed by atoms with E-state index in [1.165, 1.54) is 18.2 Å². The van der Waals surface area contributed by atoms with Crippen LogP contribution in [0.2, 0.25) is 0 Å². The largest absolute Gasteiger partial charge is 0.508 e. The lowest BCUT2D eigenvalue weighted by Crippen LogP contribution is -2.07. The van der Waals surface area contributed by atoms with Crippen LogP contribution in [0.5, 0.6) is 28.7 Å². The molecule has 1 aliphatic heterocycles. The lowest BCUT2D eigenvalue weighted by atomic mass is 9.96. The van der Waals surface area contributed by atoms with Gasteiger partial charge >= 0.3 is 0 Å². The third-order valence-electron chi connectivity index (χ3n) is 4.13. The molecule has 25 heavy (non-hydrogen) atoms. The summed E-state index contributed by atoms with van der Waals surface area (Å²) in [6.45, 7) is 4.07. The minimum absolute atomic E-state index is 0.0157. The third kappa shape index (κ3) is 3.26. The van der Waals surface area contributed by atoms with Crippen molar-refractivity contribution >= 4 is 11.6 Å². The zero-order valence-corrected chi connectivity index (χ0v) is 14.1. The fourth-order valence-electron chi connectivity index (χ4n) is 2.77. The van der Waals surface area contributed by atoms with Gasteiger partial charge in [-0.3, -0.25) is 0 Å². The monoisotopic (exact) mass is 340 g/mol. The van der Waals surface area contributed by atoms with Crippen LogP contribution in [-0.2, 0) is 6.42 Å². The first-order valence-electron chi connectivity index (χ1n) is 7.93. The number of rotatable bonds is 3. The van der Waals surface area contributed by atoms with Crippen LogP contribution in [0, 0.1) is 0 Å². The number of hydrogen-bond donors (Lipinski definition) is 4. The zero-order chi connectivity index (χ0) is 18.1. The van der Waals surface area contributed by atoms with Crippen molar-refractivity contribution in [3.63, 3.8) is 0 Å². The summed E-state index contributed by atoms with van der Waals surface area (Å²) in [4.78, 5) is 0. The molecule has 5 nitrogen and oxygen atoms in total. The Kier molecular flexibility index (Phi) is 4.31. The molecular weight excluding hydrogens is 320 g/mol. The Morgan fingerprint density at radius 1 is 1.08 bits per heavy atom. The van der Waals surface area contributed by atoms with Crippen LogP contribution in [0.1, 0.15) is 30.5 Å². The van der Waals surface area contributed by atoms with Crippen LogP contribution in [0.4, 0.5) is 0 Å². The summed E-state index contributed by atoms with van der Waals surface area (Å²) in [5.41, 5.74) is 3.15. The van der Waals surface area contributed by atoms with Crippen molar-refractivity contribution in [3.05, 3.63) is 52.6 Å². The number of ether oxygens (including phenoxy) is 1. The van der Waals surface area contributed by atoms with E-state index in [1.54, 1.807) is 12.1 Å². The molecule has 2 aromatic rings. The van der Waals surface area contributed by atoms with E-state index in [1.807, 2.05) is 19.9 Å². The van der Waals surface area contributed by atoms with Gasteiger partial charge in [-0.15, -0.1) is 0 Å². The smallest absolute Gasteiger partial charge is 0.134 e. The number of phenolic OH excluding ortho intramolecular Hbond substituents is 4. The number of benzene rings is 2. The highest BCUT2D eigenvalue weighted by atomic mass is 16.5. The van der Waals surface area contributed by atoms with E-state index in [0.717, 1.165) is 5.57 Å². The minimum atomic E-state index is -0.0682. The lowest BCUT2D eigenvalue weighted by Gasteiger charge is -2.21. The van der Waals surface area contributed by atoms with Crippen molar-refractivity contribution in [1.82, 2.24) is 0 Å². The molecule has 0 amide bonds. The topological polar surface area (TPSA) is 90.2 Å². The first kappa shape index (κ1) is 16.8. The van der Waals surface area contributed by atoms with Gasteiger partial charge in [0.2, 0.25) is 0 Å². The molecule has 0 fully saturated rings. The number of allylic oxidation sites excluding steroid dienone is 2. The quantitative estimate of drug-likeness (QED) is 0.635. The standard InChI is InChI=1S/C20H20O5/c1-11(2)3-5-15-18(23)9-19-16(20(15)24)7-12(10-25-19)14-6-4-13(21)8-17(14)22/h3-4,6-9,21-24H,5,10H2,1-2H3. The molecule has 5 heteroatoms. The van der Waals surface area contributed by atoms with Gasteiger partial charge in [-0.05, 0) is 38.5 Å². The van der Waals surface area contributed by atoms with Gasteiger partial charge in [0.25, 0.3) is 0 Å². The van der Waals surface area contributed by atoms with E-state index < -0.39 is 0 Å². The van der Waals surface area contributed by atoms with Crippen molar-refractivity contribution in [2.75, 3.05) is 6.61 Å². The molecule has 0 spiro atoms. The third-order valence-corrected chi connectivity index (χ3v) is 4.13. The lowest BCUT2D eigenvalue weighted by molar-refractivity contribution is 0.354. The second-order valence-electron chi connectivity index (χ2n) is 6.28. The molecule has 130 valence electrons. The summed E-state index contributed by atoms with van der Waals surface area (Å²) in [7, 11) is 0. The van der Waals surface area contributed by atoms with Crippen LogP contribution in [0.3, 0.4) is 0 Å². The summed E-state index contributed by atoms with van der Waals surface area (Å²) in [5.74, 6) is 0.233. The highest BCUT2D eigenvalue weighted by Crippen LogP contribution is 2.44. The van der Waals surface area contributed by atoms with Gasteiger partial charge < -0.3 is 25.2 Å². The number of aromatic hydroxyl groups is 4. The van der Waals surface area contributed by atoms with Gasteiger partial charge in [-0.1, -0.05) is 11.6 Å². The summed E-state index contributed by atoms with van der Waals surface area (Å²) in [6.07, 6.45) is 4.05. The summed E-state index contributed by atoms with van der Waals surface area (Å²) in [5, 5.41) is 40.2. The molecule has 4 N–H and O–H groups in total. The second-order valence-corrected chi connectivity index (χ2v) is 6.28. The first-order chi connectivity index (χ1) is 11.9. The predicted octanol–water partition coefficient (Wildman–Crippen LogP) is 3.95. The SMILES string of the molecule is CC(C)=CCc1c(O)cc2c(c1O)C=C(c1ccc(O)cc1O)CO2. The fourth-order valence-corrected chi connectivity index (χ4v) is 2.77. The Bertz CT molecular complexity index is 889. The molecule has 1 aliphatic rings. The average Bonchev–Trinajstić information content (AvgIpc) is 2.54. The molecule has 0 bridgehead atoms. The van der Waals surface area contributed by atoms with Crippen molar-refractivity contribution < 1.29 is 25.2 Å². The molecule has 0 saturated heterocycles. The molecule has 0 aromatic heterocycles. The molecule has 3 rings (SSSR count). The summed E-state index contributed by atoms with van der Waals surface area (Å²) >= 11 is 0. The van der Waals surface area contributed by atoms with Gasteiger partial charge in [-0.25, -0.2) is 0 Å². The van der Waals surface area contributed by atoms with Crippen LogP contribution >= 0.6 is 0 Å². The molecule has 0 aliphatic carbocycles. The van der Waals surface area contributed by atoms with Crippen LogP contribution in [0.25, 0.3) is 11.6 Å². The van der Waals surface area contributed by atoms with E-state index >= 15 is 0 Å². The number of fused-ring (bicyclic) bond motifs is 1. The van der Waals surface area contributed by atoms with Gasteiger partial charge in [0, 0.05) is 28.8 Å². The Labute approximate surface area is 145 Å². The van der Waals surface area contributed by atoms with Crippen molar-refractivity contribution in [2.45, 2.75) is 20.3 Å². The van der Waals surface area contributed by atoms with E-state index in [-0.39, 0.29) is 29.6 Å². The van der Waals surface area contributed by atoms with Crippen LogP contribution in [-0.4, -0.2) is 27.0 Å². The van der Waals surface area contributed by atoms with Crippen LogP contribution < -0.4 is 4.74 Å². The Morgan fingerprint density at radius 2 is 1.84 bits per heavy atom. The number of hydrogen-bond acceptors (Lipinski definition) is 5. The van der Waals surface area contributed by atoms with Gasteiger partial charge in [0.05, 0.1) is 5.56 Å². The van der Waals surface area contributed by atoms with Gasteiger partial charge in [-0.2, -0.15) is 0 Å². The molecule has 0 unspecified atom stereocenters. The predicted molar refractivity (Wildman–Crippen MR) is 96.0 cm³/mol. The molecular formula is C20H20O5. The summed E-state index contributed by atoms with van der Waals surface area (Å²) in [6, 6.07) is 5.81. The molecule has 0 atom stereocenters. The van der Waals surface area contributed by atoms with Crippen LogP contribution in [0.15, 0.2) is 35.9 Å². The minimum Gasteiger partial charge on any atom is -0.508 e. The van der Waals surface area contributed by atoms with E-state index in [9.17, 15) is 20.4 Å². The molecule has 1 heterocycles. The first-order valence-corrected chi connectivity index (χ1v) is 7.93. The highest BCUT2D eigenvalue weighted by Gasteiger charge is 2.22. The zero-order valence-electron chi connectivity index (χ0n) is 14.1. The average molecular weight is 340 g/mol. The normalized spacial score (nSPS) is 12.8. The van der Waals surface area contributed by atoms with Crippen molar-refractivity contribution in [3.8, 4) is 28.7 Å². The molecule has 2 aromatic carbocycles. The Morgan fingerprint density at radius 3 is 2.52 bits per heavy atom. The van der Waals surface area contributed by atoms with Crippen molar-refractivity contribution in [2.24, 2.45) is 0 Å². The Hall–Kier alpha value is -3.08. The second kappa shape index (κ2) is 6.43. The number of phenols is 4. The van der Waals surface area contributed by atoms with Crippen molar-refractivity contribution in [1.29, 1.82) is 0 Å². The molecule has 0 saturated carbocycles. The Balaban J connectivity index is 2.08. The van der Waals surface area contributed by atoms with E-state index in [2.05, 4.69) is 0 Å². The van der Waals surface area contributed by atoms with E-state index in [4.69, 9.17) is 4.74 Å². The maximum atomic E-state index is 10.6. The fraction of sp³-hybridized carbons (Fsp3) is 0.200. The van der Waals surface area contributed by atoms with E-state index in [0.29, 0.717) is 34.4 Å².